The summed E-state index contributed by atoms with van der Waals surface area (Å²) in [6.07, 6.45) is 1.06. The van der Waals surface area contributed by atoms with Crippen molar-refractivity contribution in [3.63, 3.8) is 0 Å². The minimum absolute atomic E-state index is 0.213. The fraction of sp³-hybridized carbons (Fsp3) is 0.300. The van der Waals surface area contributed by atoms with Crippen LogP contribution in [-0.2, 0) is 21.2 Å². The average Bonchev–Trinajstić information content (AvgIpc) is 3.02. The molecule has 0 aromatic heterocycles. The van der Waals surface area contributed by atoms with E-state index in [-0.39, 0.29) is 23.1 Å². The van der Waals surface area contributed by atoms with E-state index in [1.54, 1.807) is 55.5 Å². The summed E-state index contributed by atoms with van der Waals surface area (Å²) in [7, 11) is -3.62. The average molecular weight is 387 g/mol. The Balaban J connectivity index is 1.79. The normalized spacial score (nSPS) is 17.3. The lowest BCUT2D eigenvalue weighted by Crippen LogP contribution is -2.27. The predicted molar refractivity (Wildman–Crippen MR) is 100 cm³/mol. The highest BCUT2D eigenvalue weighted by atomic mass is 32.2. The van der Waals surface area contributed by atoms with Gasteiger partial charge in [-0.15, -0.1) is 0 Å². The second-order valence-electron chi connectivity index (χ2n) is 6.80. The first-order valence-corrected chi connectivity index (χ1v) is 10.2. The third-order valence-electron chi connectivity index (χ3n) is 4.78. The van der Waals surface area contributed by atoms with Gasteiger partial charge in [-0.05, 0) is 42.2 Å². The Kier molecular flexibility index (Phi) is 5.43. The number of aliphatic carboxylic acids is 1. The number of rotatable bonds is 7. The van der Waals surface area contributed by atoms with Crippen molar-refractivity contribution in [2.45, 2.75) is 37.1 Å². The first-order valence-electron chi connectivity index (χ1n) is 8.74. The molecule has 0 heterocycles. The molecule has 0 bridgehead atoms. The van der Waals surface area contributed by atoms with E-state index >= 15 is 0 Å². The largest absolute Gasteiger partial charge is 0.481 e. The van der Waals surface area contributed by atoms with Crippen molar-refractivity contribution in [2.75, 3.05) is 0 Å². The molecule has 7 heteroatoms. The molecule has 6 nitrogen and oxygen atoms in total. The zero-order valence-electron chi connectivity index (χ0n) is 14.9. The van der Waals surface area contributed by atoms with Crippen LogP contribution >= 0.6 is 0 Å². The Hall–Kier alpha value is -2.51. The summed E-state index contributed by atoms with van der Waals surface area (Å²) < 4.78 is 27.8. The molecule has 1 aliphatic carbocycles. The van der Waals surface area contributed by atoms with Crippen molar-refractivity contribution in [2.24, 2.45) is 5.92 Å². The predicted octanol–water partition coefficient (Wildman–Crippen LogP) is 2.95. The number of nitrogens with one attached hydrogen (secondary N) is 1. The molecule has 0 aliphatic heterocycles. The number of aryl methyl sites for hydroxylation is 1. The fourth-order valence-electron chi connectivity index (χ4n) is 3.39. The second kappa shape index (κ2) is 7.62. The van der Waals surface area contributed by atoms with Crippen LogP contribution in [0.2, 0.25) is 0 Å². The van der Waals surface area contributed by atoms with Gasteiger partial charge in [0.05, 0.1) is 11.3 Å². The number of benzene rings is 2. The number of hydrogen-bond donors (Lipinski definition) is 2. The molecule has 1 aliphatic rings. The van der Waals surface area contributed by atoms with E-state index in [2.05, 4.69) is 4.72 Å². The van der Waals surface area contributed by atoms with E-state index in [0.717, 1.165) is 11.1 Å². The van der Waals surface area contributed by atoms with E-state index < -0.39 is 21.9 Å². The van der Waals surface area contributed by atoms with Gasteiger partial charge in [0, 0.05) is 17.5 Å². The van der Waals surface area contributed by atoms with Crippen LogP contribution < -0.4 is 4.72 Å². The molecule has 2 N–H and O–H groups in total. The molecule has 27 heavy (non-hydrogen) atoms. The van der Waals surface area contributed by atoms with Gasteiger partial charge in [0.2, 0.25) is 10.0 Å². The third-order valence-corrected chi connectivity index (χ3v) is 6.27. The fourth-order valence-corrected chi connectivity index (χ4v) is 4.66. The quantitative estimate of drug-likeness (QED) is 0.712. The Morgan fingerprint density at radius 2 is 1.89 bits per heavy atom. The number of ketones is 1. The summed E-state index contributed by atoms with van der Waals surface area (Å²) in [5.74, 6) is -1.82. The molecule has 0 spiro atoms. The van der Waals surface area contributed by atoms with Gasteiger partial charge in [-0.3, -0.25) is 9.59 Å². The number of carbonyl (C=O) groups is 2. The minimum atomic E-state index is -3.62. The van der Waals surface area contributed by atoms with Crippen molar-refractivity contribution in [1.29, 1.82) is 0 Å². The van der Waals surface area contributed by atoms with Gasteiger partial charge in [0.1, 0.15) is 0 Å². The lowest BCUT2D eigenvalue weighted by Gasteiger charge is -2.15. The van der Waals surface area contributed by atoms with Gasteiger partial charge >= 0.3 is 5.97 Å². The highest BCUT2D eigenvalue weighted by Gasteiger charge is 2.28. The van der Waals surface area contributed by atoms with Crippen LogP contribution in [0.5, 0.6) is 0 Å². The second-order valence-corrected chi connectivity index (χ2v) is 8.52. The third kappa shape index (κ3) is 4.26. The maximum absolute atomic E-state index is 12.5. The van der Waals surface area contributed by atoms with E-state index in [4.69, 9.17) is 5.11 Å². The lowest BCUT2D eigenvalue weighted by molar-refractivity contribution is -0.137. The highest BCUT2D eigenvalue weighted by molar-refractivity contribution is 7.89. The first kappa shape index (κ1) is 19.3. The van der Waals surface area contributed by atoms with E-state index in [0.29, 0.717) is 18.4 Å². The maximum Gasteiger partial charge on any atom is 0.304 e. The zero-order chi connectivity index (χ0) is 19.6. The van der Waals surface area contributed by atoms with Gasteiger partial charge in [0.15, 0.2) is 5.78 Å². The van der Waals surface area contributed by atoms with Gasteiger partial charge in [-0.1, -0.05) is 37.3 Å². The number of fused-ring (bicyclic) bond motifs is 1. The van der Waals surface area contributed by atoms with Crippen molar-refractivity contribution in [1.82, 2.24) is 4.72 Å². The smallest absolute Gasteiger partial charge is 0.304 e. The van der Waals surface area contributed by atoms with Gasteiger partial charge in [0.25, 0.3) is 0 Å². The van der Waals surface area contributed by atoms with Gasteiger partial charge in [-0.2, -0.15) is 0 Å². The Bertz CT molecular complexity index is 969. The van der Waals surface area contributed by atoms with Crippen LogP contribution in [0.3, 0.4) is 0 Å². The van der Waals surface area contributed by atoms with Crippen molar-refractivity contribution >= 4 is 21.8 Å². The molecular weight excluding hydrogens is 366 g/mol. The molecule has 0 radical (unpaired) electrons. The van der Waals surface area contributed by atoms with Crippen LogP contribution in [0.4, 0.5) is 0 Å². The Labute approximate surface area is 158 Å². The van der Waals surface area contributed by atoms with Crippen molar-refractivity contribution in [3.8, 4) is 0 Å². The molecule has 3 rings (SSSR count). The molecule has 0 fully saturated rings. The summed E-state index contributed by atoms with van der Waals surface area (Å²) >= 11 is 0. The van der Waals surface area contributed by atoms with E-state index in [1.807, 2.05) is 0 Å². The monoisotopic (exact) mass is 387 g/mol. The van der Waals surface area contributed by atoms with Crippen molar-refractivity contribution in [3.05, 3.63) is 65.2 Å². The number of Topliss-reactive ketones (excluding diaryl/α,β-unsaturated/α-hetero) is 1. The molecular formula is C20H21NO5S. The van der Waals surface area contributed by atoms with Crippen molar-refractivity contribution < 1.29 is 23.1 Å². The van der Waals surface area contributed by atoms with Crippen LogP contribution in [0, 0.1) is 5.92 Å². The number of carboxylic acids is 1. The molecule has 2 aromatic rings. The van der Waals surface area contributed by atoms with E-state index in [1.165, 1.54) is 0 Å². The number of carboxylic acid groups (broad SMARTS) is 1. The minimum Gasteiger partial charge on any atom is -0.481 e. The lowest BCUT2D eigenvalue weighted by atomic mass is 9.94. The summed E-state index contributed by atoms with van der Waals surface area (Å²) in [6.45, 7) is 1.60. The van der Waals surface area contributed by atoms with Crippen LogP contribution in [-0.4, -0.2) is 25.3 Å². The number of sulfonamides is 1. The molecule has 0 amide bonds. The summed E-state index contributed by atoms with van der Waals surface area (Å²) in [5.41, 5.74) is 2.25. The van der Waals surface area contributed by atoms with E-state index in [9.17, 15) is 18.0 Å². The maximum atomic E-state index is 12.5. The molecule has 2 aromatic carbocycles. The van der Waals surface area contributed by atoms with Crippen LogP contribution in [0.25, 0.3) is 0 Å². The topological polar surface area (TPSA) is 101 Å². The first-order chi connectivity index (χ1) is 12.8. The highest BCUT2D eigenvalue weighted by Crippen LogP contribution is 2.33. The molecule has 2 unspecified atom stereocenters. The molecule has 2 atom stereocenters. The summed E-state index contributed by atoms with van der Waals surface area (Å²) in [4.78, 5) is 23.4. The summed E-state index contributed by atoms with van der Waals surface area (Å²) in [5, 5.41) is 8.85. The standard InChI is InChI=1S/C20H21NO5S/c1-13(11-19(22)23)20(24)15-7-9-17-14(12-15)8-10-18(17)21-27(25,26)16-5-3-2-4-6-16/h2-7,9,12-13,18,21H,8,10-11H2,1H3,(H,22,23). The SMILES string of the molecule is CC(CC(=O)O)C(=O)c1ccc2c(c1)CCC2NS(=O)(=O)c1ccccc1. The Morgan fingerprint density at radius 3 is 2.56 bits per heavy atom. The Morgan fingerprint density at radius 1 is 1.19 bits per heavy atom. The molecule has 0 saturated heterocycles. The van der Waals surface area contributed by atoms with Crippen LogP contribution in [0.15, 0.2) is 53.4 Å². The molecule has 142 valence electrons. The molecule has 0 saturated carbocycles. The number of hydrogen-bond acceptors (Lipinski definition) is 4. The zero-order valence-corrected chi connectivity index (χ0v) is 15.7. The van der Waals surface area contributed by atoms with Crippen LogP contribution in [0.1, 0.15) is 47.3 Å². The summed E-state index contributed by atoms with van der Waals surface area (Å²) in [6, 6.07) is 13.0. The number of carbonyl (C=O) groups excluding carboxylic acids is 1. The van der Waals surface area contributed by atoms with Gasteiger partial charge < -0.3 is 5.11 Å². The van der Waals surface area contributed by atoms with Gasteiger partial charge in [-0.25, -0.2) is 13.1 Å².